The molecule has 0 unspecified atom stereocenters. The van der Waals surface area contributed by atoms with Crippen LogP contribution in [0.3, 0.4) is 0 Å². The van der Waals surface area contributed by atoms with Crippen molar-refractivity contribution in [1.82, 2.24) is 0 Å². The van der Waals surface area contributed by atoms with Crippen molar-refractivity contribution in [3.63, 3.8) is 0 Å². The Kier molecular flexibility index (Phi) is 6.42. The molecular weight excluding hydrogens is 266 g/mol. The zero-order valence-corrected chi connectivity index (χ0v) is 12.0. The molecule has 0 bridgehead atoms. The van der Waals surface area contributed by atoms with Crippen LogP contribution in [0.15, 0.2) is 18.2 Å². The van der Waals surface area contributed by atoms with Crippen LogP contribution in [0.2, 0.25) is 0 Å². The fourth-order valence-electron chi connectivity index (χ4n) is 2.08. The number of ether oxygens (including phenoxy) is 2. The molecule has 3 N–H and O–H groups in total. The molecule has 108 valence electrons. The number of rotatable bonds is 5. The van der Waals surface area contributed by atoms with E-state index in [1.165, 1.54) is 0 Å². The van der Waals surface area contributed by atoms with Gasteiger partial charge >= 0.3 is 0 Å². The maximum absolute atomic E-state index is 10.0. The molecule has 2 rings (SSSR count). The summed E-state index contributed by atoms with van der Waals surface area (Å²) in [7, 11) is 0. The van der Waals surface area contributed by atoms with Crippen LogP contribution in [-0.4, -0.2) is 24.4 Å². The summed E-state index contributed by atoms with van der Waals surface area (Å²) in [5.74, 6) is 1.47. The molecule has 1 aromatic rings. The summed E-state index contributed by atoms with van der Waals surface area (Å²) in [5, 5.41) is 10.0. The largest absolute Gasteiger partial charge is 0.486 e. The number of nitrogens with two attached hydrogens (primary N) is 1. The van der Waals surface area contributed by atoms with Crippen molar-refractivity contribution in [2.75, 3.05) is 13.2 Å². The molecule has 1 heterocycles. The van der Waals surface area contributed by atoms with Crippen molar-refractivity contribution in [1.29, 1.82) is 0 Å². The number of aliphatic hydroxyl groups is 1. The Balaban J connectivity index is 0.00000180. The fourth-order valence-corrected chi connectivity index (χ4v) is 2.08. The Labute approximate surface area is 120 Å². The molecule has 5 heteroatoms. The van der Waals surface area contributed by atoms with Gasteiger partial charge in [-0.3, -0.25) is 0 Å². The lowest BCUT2D eigenvalue weighted by Gasteiger charge is -2.23. The van der Waals surface area contributed by atoms with Crippen LogP contribution in [0.1, 0.15) is 37.8 Å². The van der Waals surface area contributed by atoms with Crippen LogP contribution in [0.5, 0.6) is 11.5 Å². The van der Waals surface area contributed by atoms with Gasteiger partial charge in [0.1, 0.15) is 13.2 Å². The molecule has 0 aliphatic carbocycles. The summed E-state index contributed by atoms with van der Waals surface area (Å²) < 4.78 is 11.0. The van der Waals surface area contributed by atoms with Gasteiger partial charge in [-0.05, 0) is 24.1 Å². The smallest absolute Gasteiger partial charge is 0.161 e. The third-order valence-electron chi connectivity index (χ3n) is 3.22. The molecule has 0 saturated heterocycles. The lowest BCUT2D eigenvalue weighted by atomic mass is 9.98. The highest BCUT2D eigenvalue weighted by Gasteiger charge is 2.19. The molecule has 2 atom stereocenters. The fraction of sp³-hybridized carbons (Fsp3) is 0.571. The first-order valence-corrected chi connectivity index (χ1v) is 6.55. The first-order chi connectivity index (χ1) is 8.72. The van der Waals surface area contributed by atoms with Crippen molar-refractivity contribution < 1.29 is 14.6 Å². The molecule has 1 aliphatic heterocycles. The molecular formula is C14H22ClNO3. The molecule has 0 radical (unpaired) electrons. The Hall–Kier alpha value is -0.970. The van der Waals surface area contributed by atoms with Gasteiger partial charge in [-0.1, -0.05) is 25.8 Å². The van der Waals surface area contributed by atoms with Crippen LogP contribution in [0.4, 0.5) is 0 Å². The van der Waals surface area contributed by atoms with E-state index in [0.29, 0.717) is 13.2 Å². The van der Waals surface area contributed by atoms with E-state index in [2.05, 4.69) is 6.92 Å². The second-order valence-electron chi connectivity index (χ2n) is 4.64. The van der Waals surface area contributed by atoms with Gasteiger partial charge in [-0.2, -0.15) is 0 Å². The van der Waals surface area contributed by atoms with Crippen LogP contribution in [0, 0.1) is 0 Å². The first-order valence-electron chi connectivity index (χ1n) is 6.55. The van der Waals surface area contributed by atoms with Gasteiger partial charge in [-0.15, -0.1) is 12.4 Å². The van der Waals surface area contributed by atoms with E-state index in [-0.39, 0.29) is 18.4 Å². The summed E-state index contributed by atoms with van der Waals surface area (Å²) in [4.78, 5) is 0. The number of hydrogen-bond acceptors (Lipinski definition) is 4. The second-order valence-corrected chi connectivity index (χ2v) is 4.64. The van der Waals surface area contributed by atoms with Gasteiger partial charge in [0.2, 0.25) is 0 Å². The van der Waals surface area contributed by atoms with E-state index in [0.717, 1.165) is 36.3 Å². The molecule has 1 aliphatic rings. The molecule has 0 aromatic heterocycles. The number of halogens is 1. The maximum atomic E-state index is 10.0. The zero-order valence-electron chi connectivity index (χ0n) is 11.2. The van der Waals surface area contributed by atoms with E-state index >= 15 is 0 Å². The molecule has 1 aromatic carbocycles. The Morgan fingerprint density at radius 2 is 1.95 bits per heavy atom. The van der Waals surface area contributed by atoms with Gasteiger partial charge in [0.15, 0.2) is 11.5 Å². The highest BCUT2D eigenvalue weighted by molar-refractivity contribution is 5.85. The van der Waals surface area contributed by atoms with Gasteiger partial charge in [-0.25, -0.2) is 0 Å². The van der Waals surface area contributed by atoms with Crippen molar-refractivity contribution >= 4 is 12.4 Å². The topological polar surface area (TPSA) is 64.7 Å². The van der Waals surface area contributed by atoms with E-state index in [1.54, 1.807) is 0 Å². The molecule has 19 heavy (non-hydrogen) atoms. The van der Waals surface area contributed by atoms with Crippen molar-refractivity contribution in [3.8, 4) is 11.5 Å². The van der Waals surface area contributed by atoms with Gasteiger partial charge in [0.25, 0.3) is 0 Å². The minimum Gasteiger partial charge on any atom is -0.486 e. The molecule has 0 saturated carbocycles. The highest BCUT2D eigenvalue weighted by Crippen LogP contribution is 2.33. The normalized spacial score (nSPS) is 16.4. The van der Waals surface area contributed by atoms with Crippen LogP contribution >= 0.6 is 12.4 Å². The van der Waals surface area contributed by atoms with Gasteiger partial charge in [0, 0.05) is 0 Å². The summed E-state index contributed by atoms with van der Waals surface area (Å²) >= 11 is 0. The van der Waals surface area contributed by atoms with Gasteiger partial charge < -0.3 is 20.3 Å². The molecule has 0 amide bonds. The van der Waals surface area contributed by atoms with E-state index in [4.69, 9.17) is 15.2 Å². The SMILES string of the molecule is CCCC[C@@H](O)[C@@H](N)c1ccc2c(c1)OCCO2.Cl. The predicted molar refractivity (Wildman–Crippen MR) is 77.1 cm³/mol. The van der Waals surface area contributed by atoms with Crippen molar-refractivity contribution in [2.24, 2.45) is 5.73 Å². The van der Waals surface area contributed by atoms with E-state index in [1.807, 2.05) is 18.2 Å². The molecule has 0 spiro atoms. The first kappa shape index (κ1) is 16.1. The minimum atomic E-state index is -0.507. The number of hydrogen-bond donors (Lipinski definition) is 2. The maximum Gasteiger partial charge on any atom is 0.161 e. The summed E-state index contributed by atoms with van der Waals surface area (Å²) in [6, 6.07) is 5.25. The average molecular weight is 288 g/mol. The Morgan fingerprint density at radius 1 is 1.26 bits per heavy atom. The number of aliphatic hydroxyl groups excluding tert-OH is 1. The minimum absolute atomic E-state index is 0. The summed E-state index contributed by atoms with van der Waals surface area (Å²) in [6.45, 7) is 3.24. The standard InChI is InChI=1S/C14H21NO3.ClH/c1-2-3-4-11(16)14(15)10-5-6-12-13(9-10)18-8-7-17-12;/h5-6,9,11,14,16H,2-4,7-8,15H2,1H3;1H/t11-,14+;/m1./s1. The van der Waals surface area contributed by atoms with Crippen LogP contribution < -0.4 is 15.2 Å². The van der Waals surface area contributed by atoms with E-state index < -0.39 is 6.10 Å². The third kappa shape index (κ3) is 4.00. The Morgan fingerprint density at radius 3 is 2.63 bits per heavy atom. The molecule has 0 fully saturated rings. The van der Waals surface area contributed by atoms with Crippen LogP contribution in [0.25, 0.3) is 0 Å². The average Bonchev–Trinajstić information content (AvgIpc) is 2.43. The summed E-state index contributed by atoms with van der Waals surface area (Å²) in [6.07, 6.45) is 2.27. The monoisotopic (exact) mass is 287 g/mol. The lowest BCUT2D eigenvalue weighted by molar-refractivity contribution is 0.131. The van der Waals surface area contributed by atoms with E-state index in [9.17, 15) is 5.11 Å². The molecule has 4 nitrogen and oxygen atoms in total. The number of benzene rings is 1. The van der Waals surface area contributed by atoms with Crippen LogP contribution in [-0.2, 0) is 0 Å². The van der Waals surface area contributed by atoms with Gasteiger partial charge in [0.05, 0.1) is 12.1 Å². The van der Waals surface area contributed by atoms with Crippen molar-refractivity contribution in [3.05, 3.63) is 23.8 Å². The number of unbranched alkanes of at least 4 members (excludes halogenated alkanes) is 1. The highest BCUT2D eigenvalue weighted by atomic mass is 35.5. The van der Waals surface area contributed by atoms with Crippen molar-refractivity contribution in [2.45, 2.75) is 38.3 Å². The Bertz CT molecular complexity index is 400. The third-order valence-corrected chi connectivity index (χ3v) is 3.22. The lowest BCUT2D eigenvalue weighted by Crippen LogP contribution is -2.26. The quantitative estimate of drug-likeness (QED) is 0.873. The predicted octanol–water partition coefficient (Wildman–Crippen LogP) is 2.43. The summed E-state index contributed by atoms with van der Waals surface area (Å²) in [5.41, 5.74) is 6.96. The number of fused-ring (bicyclic) bond motifs is 1. The second kappa shape index (κ2) is 7.58. The zero-order chi connectivity index (χ0) is 13.0.